The summed E-state index contributed by atoms with van der Waals surface area (Å²) < 4.78 is 27.8. The van der Waals surface area contributed by atoms with E-state index in [2.05, 4.69) is 23.1 Å². The number of benzene rings is 1. The SMILES string of the molecule is CCCN(CCC)c1c(SC)nc2c(-c3c(F)cc(OC)cc3OC)cccn12. The van der Waals surface area contributed by atoms with Crippen molar-refractivity contribution in [1.82, 2.24) is 9.38 Å². The van der Waals surface area contributed by atoms with Crippen LogP contribution in [-0.4, -0.2) is 42.9 Å². The average molecular weight is 418 g/mol. The Balaban J connectivity index is 2.28. The van der Waals surface area contributed by atoms with Crippen LogP contribution in [0.3, 0.4) is 0 Å². The third-order valence-electron chi connectivity index (χ3n) is 4.83. The van der Waals surface area contributed by atoms with E-state index >= 15 is 4.39 Å². The van der Waals surface area contributed by atoms with Crippen LogP contribution in [0.4, 0.5) is 10.2 Å². The van der Waals surface area contributed by atoms with Gasteiger partial charge < -0.3 is 14.4 Å². The third kappa shape index (κ3) is 4.01. The molecule has 0 unspecified atom stereocenters. The summed E-state index contributed by atoms with van der Waals surface area (Å²) in [5.74, 6) is 1.50. The highest BCUT2D eigenvalue weighted by Gasteiger charge is 2.23. The Kier molecular flexibility index (Phi) is 6.90. The molecule has 0 aliphatic rings. The van der Waals surface area contributed by atoms with Gasteiger partial charge in [-0.05, 0) is 31.2 Å². The summed E-state index contributed by atoms with van der Waals surface area (Å²) in [6.07, 6.45) is 6.10. The van der Waals surface area contributed by atoms with Crippen molar-refractivity contribution >= 4 is 23.2 Å². The van der Waals surface area contributed by atoms with Gasteiger partial charge in [0.05, 0.1) is 19.8 Å². The standard InChI is InChI=1S/C22H28FN3O2S/c1-6-10-25(11-7-2)22-21(29-5)24-20-16(9-8-12-26(20)22)19-17(23)13-15(27-3)14-18(19)28-4/h8-9,12-14H,6-7,10-11H2,1-5H3. The van der Waals surface area contributed by atoms with Crippen LogP contribution in [0.5, 0.6) is 11.5 Å². The Hall–Kier alpha value is -2.41. The lowest BCUT2D eigenvalue weighted by molar-refractivity contribution is 0.390. The minimum atomic E-state index is -0.400. The van der Waals surface area contributed by atoms with Gasteiger partial charge in [-0.3, -0.25) is 4.40 Å². The highest BCUT2D eigenvalue weighted by Crippen LogP contribution is 2.40. The fraction of sp³-hybridized carbons (Fsp3) is 0.409. The first-order chi connectivity index (χ1) is 14.1. The molecule has 0 N–H and O–H groups in total. The van der Waals surface area contributed by atoms with Gasteiger partial charge in [-0.25, -0.2) is 9.37 Å². The number of ether oxygens (including phenoxy) is 2. The molecule has 0 aliphatic carbocycles. The molecule has 0 atom stereocenters. The van der Waals surface area contributed by atoms with Gasteiger partial charge in [-0.15, -0.1) is 11.8 Å². The van der Waals surface area contributed by atoms with Gasteiger partial charge in [-0.2, -0.15) is 0 Å². The molecule has 0 radical (unpaired) electrons. The summed E-state index contributed by atoms with van der Waals surface area (Å²) in [6, 6.07) is 6.88. The lowest BCUT2D eigenvalue weighted by Gasteiger charge is -2.24. The Bertz CT molecular complexity index is 984. The fourth-order valence-electron chi connectivity index (χ4n) is 3.62. The summed E-state index contributed by atoms with van der Waals surface area (Å²) in [5, 5.41) is 0.937. The predicted octanol–water partition coefficient (Wildman–Crippen LogP) is 5.51. The van der Waals surface area contributed by atoms with Gasteiger partial charge in [0.25, 0.3) is 0 Å². The first kappa shape index (κ1) is 21.3. The molecule has 2 aromatic heterocycles. The van der Waals surface area contributed by atoms with E-state index in [1.165, 1.54) is 20.3 Å². The molecule has 5 nitrogen and oxygen atoms in total. The molecule has 0 saturated carbocycles. The number of methoxy groups -OCH3 is 2. The molecule has 2 heterocycles. The molecule has 0 spiro atoms. The van der Waals surface area contributed by atoms with E-state index in [9.17, 15) is 0 Å². The van der Waals surface area contributed by atoms with Crippen LogP contribution in [0.2, 0.25) is 0 Å². The number of anilines is 1. The van der Waals surface area contributed by atoms with Crippen molar-refractivity contribution in [3.8, 4) is 22.6 Å². The number of hydrogen-bond donors (Lipinski definition) is 0. The molecular weight excluding hydrogens is 389 g/mol. The van der Waals surface area contributed by atoms with Gasteiger partial charge in [0.15, 0.2) is 0 Å². The van der Waals surface area contributed by atoms with Crippen molar-refractivity contribution in [3.05, 3.63) is 36.3 Å². The summed E-state index contributed by atoms with van der Waals surface area (Å²) in [4.78, 5) is 7.24. The Morgan fingerprint density at radius 1 is 1.14 bits per heavy atom. The molecule has 1 aromatic carbocycles. The number of halogens is 1. The zero-order valence-corrected chi connectivity index (χ0v) is 18.5. The second-order valence-electron chi connectivity index (χ2n) is 6.73. The van der Waals surface area contributed by atoms with Crippen molar-refractivity contribution < 1.29 is 13.9 Å². The van der Waals surface area contributed by atoms with Crippen molar-refractivity contribution in [2.24, 2.45) is 0 Å². The average Bonchev–Trinajstić information content (AvgIpc) is 3.11. The molecule has 3 aromatic rings. The molecule has 0 saturated heterocycles. The Labute approximate surface area is 175 Å². The van der Waals surface area contributed by atoms with Crippen LogP contribution >= 0.6 is 11.8 Å². The molecule has 0 amide bonds. The van der Waals surface area contributed by atoms with Gasteiger partial charge in [0.2, 0.25) is 0 Å². The van der Waals surface area contributed by atoms with Gasteiger partial charge in [0, 0.05) is 37.0 Å². The van der Waals surface area contributed by atoms with Crippen LogP contribution in [-0.2, 0) is 0 Å². The predicted molar refractivity (Wildman–Crippen MR) is 118 cm³/mol. The second kappa shape index (κ2) is 9.39. The largest absolute Gasteiger partial charge is 0.497 e. The zero-order valence-electron chi connectivity index (χ0n) is 17.7. The van der Waals surface area contributed by atoms with Crippen molar-refractivity contribution in [2.45, 2.75) is 31.7 Å². The second-order valence-corrected chi connectivity index (χ2v) is 7.53. The number of thioether (sulfide) groups is 1. The van der Waals surface area contributed by atoms with E-state index in [1.807, 2.05) is 24.6 Å². The lowest BCUT2D eigenvalue weighted by atomic mass is 10.0. The molecule has 7 heteroatoms. The summed E-state index contributed by atoms with van der Waals surface area (Å²) in [6.45, 7) is 6.24. The quantitative estimate of drug-likeness (QED) is 0.430. The highest BCUT2D eigenvalue weighted by molar-refractivity contribution is 7.98. The summed E-state index contributed by atoms with van der Waals surface area (Å²) >= 11 is 1.61. The number of rotatable bonds is 9. The molecule has 0 bridgehead atoms. The van der Waals surface area contributed by atoms with Crippen molar-refractivity contribution in [3.63, 3.8) is 0 Å². The van der Waals surface area contributed by atoms with Crippen molar-refractivity contribution in [1.29, 1.82) is 0 Å². The molecule has 0 fully saturated rings. The first-order valence-corrected chi connectivity index (χ1v) is 11.0. The maximum absolute atomic E-state index is 15.1. The van der Waals surface area contributed by atoms with Crippen LogP contribution in [0, 0.1) is 5.82 Å². The molecular formula is C22H28FN3O2S. The van der Waals surface area contributed by atoms with Crippen LogP contribution in [0.25, 0.3) is 16.8 Å². The number of pyridine rings is 1. The minimum absolute atomic E-state index is 0.389. The smallest absolute Gasteiger partial charge is 0.147 e. The van der Waals surface area contributed by atoms with Gasteiger partial charge in [-0.1, -0.05) is 13.8 Å². The Morgan fingerprint density at radius 2 is 1.86 bits per heavy atom. The first-order valence-electron chi connectivity index (χ1n) is 9.81. The van der Waals surface area contributed by atoms with Crippen LogP contribution in [0.15, 0.2) is 35.5 Å². The number of fused-ring (bicyclic) bond motifs is 1. The van der Waals surface area contributed by atoms with E-state index in [-0.39, 0.29) is 0 Å². The van der Waals surface area contributed by atoms with E-state index in [4.69, 9.17) is 14.5 Å². The Morgan fingerprint density at radius 3 is 2.45 bits per heavy atom. The maximum atomic E-state index is 15.1. The van der Waals surface area contributed by atoms with E-state index < -0.39 is 5.82 Å². The fourth-order valence-corrected chi connectivity index (χ4v) is 4.20. The minimum Gasteiger partial charge on any atom is -0.497 e. The zero-order chi connectivity index (χ0) is 21.0. The normalized spacial score (nSPS) is 11.1. The molecule has 29 heavy (non-hydrogen) atoms. The van der Waals surface area contributed by atoms with Crippen LogP contribution in [0.1, 0.15) is 26.7 Å². The molecule has 0 aliphatic heterocycles. The maximum Gasteiger partial charge on any atom is 0.147 e. The number of hydrogen-bond acceptors (Lipinski definition) is 5. The number of aromatic nitrogens is 2. The molecule has 156 valence electrons. The van der Waals surface area contributed by atoms with Crippen LogP contribution < -0.4 is 14.4 Å². The van der Waals surface area contributed by atoms with E-state index in [0.29, 0.717) is 28.3 Å². The topological polar surface area (TPSA) is 39.0 Å². The molecule has 3 rings (SSSR count). The summed E-state index contributed by atoms with van der Waals surface area (Å²) in [5.41, 5.74) is 1.80. The van der Waals surface area contributed by atoms with Gasteiger partial charge >= 0.3 is 0 Å². The van der Waals surface area contributed by atoms with E-state index in [1.54, 1.807) is 17.8 Å². The number of imidazole rings is 1. The lowest BCUT2D eigenvalue weighted by Crippen LogP contribution is -2.26. The monoisotopic (exact) mass is 417 g/mol. The summed E-state index contributed by atoms with van der Waals surface area (Å²) in [7, 11) is 3.04. The third-order valence-corrected chi connectivity index (χ3v) is 5.49. The van der Waals surface area contributed by atoms with Gasteiger partial charge in [0.1, 0.15) is 33.8 Å². The van der Waals surface area contributed by atoms with E-state index in [0.717, 1.165) is 36.8 Å². The highest BCUT2D eigenvalue weighted by atomic mass is 32.2. The van der Waals surface area contributed by atoms with Crippen molar-refractivity contribution in [2.75, 3.05) is 38.5 Å². The number of nitrogens with zero attached hydrogens (tertiary/aromatic N) is 3.